The van der Waals surface area contributed by atoms with Crippen LogP contribution in [0, 0.1) is 0 Å². The van der Waals surface area contributed by atoms with Gasteiger partial charge in [-0.05, 0) is 39.7 Å². The van der Waals surface area contributed by atoms with Gasteiger partial charge < -0.3 is 10.1 Å². The normalized spacial score (nSPS) is 10.6. The van der Waals surface area contributed by atoms with E-state index in [9.17, 15) is 9.59 Å². The third-order valence-electron chi connectivity index (χ3n) is 3.42. The smallest absolute Gasteiger partial charge is 0.337 e. The quantitative estimate of drug-likeness (QED) is 0.671. The maximum atomic E-state index is 12.3. The number of methoxy groups -OCH3 is 1. The molecular weight excluding hydrogens is 392 g/mol. The van der Waals surface area contributed by atoms with Gasteiger partial charge in [0.15, 0.2) is 0 Å². The van der Waals surface area contributed by atoms with Gasteiger partial charge in [-0.15, -0.1) is 11.3 Å². The third-order valence-corrected chi connectivity index (χ3v) is 5.12. The van der Waals surface area contributed by atoms with Crippen molar-refractivity contribution in [2.75, 3.05) is 7.11 Å². The van der Waals surface area contributed by atoms with Gasteiger partial charge in [-0.1, -0.05) is 12.1 Å². The average Bonchev–Trinajstić information content (AvgIpc) is 3.05. The molecule has 0 aliphatic heterocycles. The molecule has 7 heteroatoms. The molecule has 0 spiro atoms. The number of esters is 1. The van der Waals surface area contributed by atoms with E-state index in [4.69, 9.17) is 4.74 Å². The Bertz CT molecular complexity index is 923. The van der Waals surface area contributed by atoms with E-state index in [2.05, 4.69) is 26.2 Å². The molecule has 24 heavy (non-hydrogen) atoms. The lowest BCUT2D eigenvalue weighted by Gasteiger charge is -2.05. The van der Waals surface area contributed by atoms with Crippen LogP contribution in [0.4, 0.5) is 0 Å². The van der Waals surface area contributed by atoms with Crippen molar-refractivity contribution in [2.24, 2.45) is 0 Å². The van der Waals surface area contributed by atoms with Gasteiger partial charge in [0.2, 0.25) is 0 Å². The van der Waals surface area contributed by atoms with Crippen LogP contribution in [0.5, 0.6) is 0 Å². The Hall–Kier alpha value is -2.25. The average molecular weight is 405 g/mol. The highest BCUT2D eigenvalue weighted by Crippen LogP contribution is 2.30. The van der Waals surface area contributed by atoms with Crippen molar-refractivity contribution < 1.29 is 14.3 Å². The van der Waals surface area contributed by atoms with E-state index in [1.165, 1.54) is 18.4 Å². The van der Waals surface area contributed by atoms with Crippen LogP contribution >= 0.6 is 27.3 Å². The summed E-state index contributed by atoms with van der Waals surface area (Å²) in [5.74, 6) is -0.559. The van der Waals surface area contributed by atoms with Crippen LogP contribution in [0.15, 0.2) is 47.2 Å². The molecule has 0 aliphatic carbocycles. The number of fused-ring (bicyclic) bond motifs is 1. The summed E-state index contributed by atoms with van der Waals surface area (Å²) in [5.41, 5.74) is 1.29. The molecule has 0 atom stereocenters. The Morgan fingerprint density at radius 3 is 2.88 bits per heavy atom. The number of carbonyl (C=O) groups is 2. The highest BCUT2D eigenvalue weighted by molar-refractivity contribution is 9.10. The van der Waals surface area contributed by atoms with Crippen LogP contribution in [0.1, 0.15) is 25.6 Å². The first kappa shape index (κ1) is 16.6. The number of rotatable bonds is 4. The minimum Gasteiger partial charge on any atom is -0.465 e. The largest absolute Gasteiger partial charge is 0.465 e. The molecule has 3 rings (SSSR count). The monoisotopic (exact) mass is 404 g/mol. The van der Waals surface area contributed by atoms with Crippen LogP contribution in [0.2, 0.25) is 0 Å². The number of hydrogen-bond acceptors (Lipinski definition) is 5. The number of ether oxygens (including phenoxy) is 1. The van der Waals surface area contributed by atoms with Crippen molar-refractivity contribution in [2.45, 2.75) is 6.54 Å². The Labute approximate surface area is 150 Å². The van der Waals surface area contributed by atoms with Gasteiger partial charge in [-0.25, -0.2) is 4.79 Å². The standard InChI is InChI=1S/C17H13BrN2O3S/c1-23-17(22)11-4-2-3-10(5-11)7-20-16(21)14-6-12-13(18)8-19-9-15(12)24-14/h2-6,8-9H,7H2,1H3,(H,20,21). The van der Waals surface area contributed by atoms with Gasteiger partial charge in [0.1, 0.15) is 0 Å². The van der Waals surface area contributed by atoms with Crippen molar-refractivity contribution in [1.29, 1.82) is 0 Å². The predicted molar refractivity (Wildman–Crippen MR) is 96.3 cm³/mol. The number of hydrogen-bond donors (Lipinski definition) is 1. The Kier molecular flexibility index (Phi) is 4.92. The van der Waals surface area contributed by atoms with Crippen molar-refractivity contribution in [3.05, 3.63) is 63.2 Å². The zero-order valence-corrected chi connectivity index (χ0v) is 15.1. The summed E-state index contributed by atoms with van der Waals surface area (Å²) in [5, 5.41) is 3.83. The van der Waals surface area contributed by atoms with E-state index in [0.29, 0.717) is 17.0 Å². The van der Waals surface area contributed by atoms with E-state index in [-0.39, 0.29) is 5.91 Å². The number of nitrogens with one attached hydrogen (secondary N) is 1. The number of thiophene rings is 1. The fourth-order valence-electron chi connectivity index (χ4n) is 2.24. The predicted octanol–water partition coefficient (Wildman–Crippen LogP) is 3.78. The van der Waals surface area contributed by atoms with Crippen molar-refractivity contribution in [3.63, 3.8) is 0 Å². The van der Waals surface area contributed by atoms with Crippen LogP contribution in [0.25, 0.3) is 10.1 Å². The molecule has 1 N–H and O–H groups in total. The molecule has 1 aromatic carbocycles. The molecule has 1 amide bonds. The van der Waals surface area contributed by atoms with Crippen LogP contribution in [-0.4, -0.2) is 24.0 Å². The van der Waals surface area contributed by atoms with Gasteiger partial charge >= 0.3 is 5.97 Å². The summed E-state index contributed by atoms with van der Waals surface area (Å²) in [6.45, 7) is 0.331. The number of aromatic nitrogens is 1. The summed E-state index contributed by atoms with van der Waals surface area (Å²) in [6, 6.07) is 8.82. The van der Waals surface area contributed by atoms with Crippen LogP contribution in [0.3, 0.4) is 0 Å². The van der Waals surface area contributed by atoms with Crippen molar-refractivity contribution in [3.8, 4) is 0 Å². The maximum Gasteiger partial charge on any atom is 0.337 e. The Morgan fingerprint density at radius 2 is 2.12 bits per heavy atom. The van der Waals surface area contributed by atoms with E-state index >= 15 is 0 Å². The van der Waals surface area contributed by atoms with Crippen LogP contribution in [-0.2, 0) is 11.3 Å². The fraction of sp³-hybridized carbons (Fsp3) is 0.118. The number of nitrogens with zero attached hydrogens (tertiary/aromatic N) is 1. The van der Waals surface area contributed by atoms with E-state index < -0.39 is 5.97 Å². The van der Waals surface area contributed by atoms with E-state index in [1.807, 2.05) is 12.1 Å². The maximum absolute atomic E-state index is 12.3. The molecule has 0 fully saturated rings. The second kappa shape index (κ2) is 7.11. The number of halogens is 1. The number of pyridine rings is 1. The lowest BCUT2D eigenvalue weighted by molar-refractivity contribution is 0.0600. The lowest BCUT2D eigenvalue weighted by Crippen LogP contribution is -2.21. The Morgan fingerprint density at radius 1 is 1.29 bits per heavy atom. The molecule has 2 aromatic heterocycles. The lowest BCUT2D eigenvalue weighted by atomic mass is 10.1. The molecule has 0 saturated heterocycles. The second-order valence-electron chi connectivity index (χ2n) is 5.02. The minimum absolute atomic E-state index is 0.161. The van der Waals surface area contributed by atoms with Gasteiger partial charge in [0, 0.05) is 28.8 Å². The molecule has 3 aromatic rings. The first-order valence-electron chi connectivity index (χ1n) is 7.07. The summed E-state index contributed by atoms with van der Waals surface area (Å²) in [4.78, 5) is 28.6. The molecule has 0 bridgehead atoms. The molecular formula is C17H13BrN2O3S. The molecule has 0 aliphatic rings. The van der Waals surface area contributed by atoms with Gasteiger partial charge in [-0.3, -0.25) is 9.78 Å². The summed E-state index contributed by atoms with van der Waals surface area (Å²) < 4.78 is 6.50. The highest BCUT2D eigenvalue weighted by Gasteiger charge is 2.12. The highest BCUT2D eigenvalue weighted by atomic mass is 79.9. The third kappa shape index (κ3) is 3.47. The first-order chi connectivity index (χ1) is 11.6. The fourth-order valence-corrected chi connectivity index (χ4v) is 3.78. The topological polar surface area (TPSA) is 68.3 Å². The minimum atomic E-state index is -0.398. The molecule has 0 unspecified atom stereocenters. The van der Waals surface area contributed by atoms with Gasteiger partial charge in [-0.2, -0.15) is 0 Å². The van der Waals surface area contributed by atoms with E-state index in [0.717, 1.165) is 20.1 Å². The molecule has 5 nitrogen and oxygen atoms in total. The molecule has 0 radical (unpaired) electrons. The molecule has 0 saturated carbocycles. The van der Waals surface area contributed by atoms with Gasteiger partial charge in [0.05, 0.1) is 22.3 Å². The van der Waals surface area contributed by atoms with Crippen molar-refractivity contribution in [1.82, 2.24) is 10.3 Å². The summed E-state index contributed by atoms with van der Waals surface area (Å²) in [6.07, 6.45) is 3.44. The zero-order valence-electron chi connectivity index (χ0n) is 12.7. The number of carbonyl (C=O) groups excluding carboxylic acids is 2. The van der Waals surface area contributed by atoms with Gasteiger partial charge in [0.25, 0.3) is 5.91 Å². The molecule has 2 heterocycles. The second-order valence-corrected chi connectivity index (χ2v) is 6.96. The number of benzene rings is 1. The molecule has 122 valence electrons. The van der Waals surface area contributed by atoms with Crippen LogP contribution < -0.4 is 5.32 Å². The summed E-state index contributed by atoms with van der Waals surface area (Å²) >= 11 is 4.82. The summed E-state index contributed by atoms with van der Waals surface area (Å²) in [7, 11) is 1.34. The van der Waals surface area contributed by atoms with Crippen molar-refractivity contribution >= 4 is 49.2 Å². The number of amides is 1. The Balaban J connectivity index is 1.73. The SMILES string of the molecule is COC(=O)c1cccc(CNC(=O)c2cc3c(Br)cncc3s2)c1. The first-order valence-corrected chi connectivity index (χ1v) is 8.68. The van der Waals surface area contributed by atoms with E-state index in [1.54, 1.807) is 30.6 Å². The zero-order chi connectivity index (χ0) is 17.1.